The Morgan fingerprint density at radius 3 is 0.635 bits per heavy atom. The van der Waals surface area contributed by atoms with Crippen molar-refractivity contribution in [1.82, 2.24) is 0 Å². The fourth-order valence-corrected chi connectivity index (χ4v) is 27.6. The van der Waals surface area contributed by atoms with E-state index in [1.165, 1.54) is 184 Å². The summed E-state index contributed by atoms with van der Waals surface area (Å²) in [5.74, 6) is 0. The van der Waals surface area contributed by atoms with Crippen LogP contribution in [-0.2, 0) is 37.9 Å². The molecule has 0 atom stereocenters. The quantitative estimate of drug-likeness (QED) is 0.121. The lowest BCUT2D eigenvalue weighted by atomic mass is 9.51. The molecular weight excluding hydrogens is 1780 g/mol. The number of fused-ring (bicyclic) bond motifs is 30. The van der Waals surface area contributed by atoms with Crippen LogP contribution in [-0.4, -0.2) is 0 Å². The number of benzene rings is 22. The molecule has 22 aromatic carbocycles. The molecule has 0 fully saturated rings. The largest absolute Gasteiger partial charge is 0.310 e. The first kappa shape index (κ1) is 89.1. The van der Waals surface area contributed by atoms with E-state index in [1.807, 2.05) is 0 Å². The summed E-state index contributed by atoms with van der Waals surface area (Å²) < 4.78 is 0. The van der Waals surface area contributed by atoms with Crippen LogP contribution in [0.2, 0.25) is 0 Å². The Morgan fingerprint density at radius 1 is 0.115 bits per heavy atom. The highest BCUT2D eigenvalue weighted by Crippen LogP contribution is 2.69. The normalized spacial score (nSPS) is 14.9. The van der Waals surface area contributed by atoms with Gasteiger partial charge in [0.1, 0.15) is 0 Å². The average molecular weight is 1890 g/mol. The predicted octanol–water partition coefficient (Wildman–Crippen LogP) is 36.5. The van der Waals surface area contributed by atoms with Gasteiger partial charge in [-0.1, -0.05) is 478 Å². The summed E-state index contributed by atoms with van der Waals surface area (Å²) in [4.78, 5) is 7.12. The highest BCUT2D eigenvalue weighted by molar-refractivity contribution is 5.97. The van der Waals surface area contributed by atoms with Crippen LogP contribution in [0.3, 0.4) is 0 Å². The first-order valence-electron chi connectivity index (χ1n) is 52.2. The molecule has 0 N–H and O–H groups in total. The van der Waals surface area contributed by atoms with E-state index in [1.54, 1.807) is 0 Å². The van der Waals surface area contributed by atoms with Crippen molar-refractivity contribution in [2.24, 2.45) is 0 Å². The van der Waals surface area contributed by atoms with Crippen molar-refractivity contribution in [1.29, 1.82) is 0 Å². The van der Waals surface area contributed by atoms with Crippen molar-refractivity contribution >= 4 is 51.2 Å². The van der Waals surface area contributed by atoms with Gasteiger partial charge in [0, 0.05) is 67.4 Å². The van der Waals surface area contributed by atoms with Gasteiger partial charge in [0.2, 0.25) is 0 Å². The number of nitrogens with zero attached hydrogens (tertiary/aromatic N) is 3. The van der Waals surface area contributed by atoms with Gasteiger partial charge in [-0.2, -0.15) is 0 Å². The molecular formula is C145H109N3. The van der Waals surface area contributed by atoms with Gasteiger partial charge in [0.25, 0.3) is 0 Å². The molecule has 3 heteroatoms. The van der Waals surface area contributed by atoms with Crippen LogP contribution < -0.4 is 14.7 Å². The van der Waals surface area contributed by atoms with Gasteiger partial charge in [0.15, 0.2) is 0 Å². The summed E-state index contributed by atoms with van der Waals surface area (Å²) in [6.07, 6.45) is 0. The Morgan fingerprint density at radius 2 is 0.311 bits per heavy atom. The topological polar surface area (TPSA) is 9.72 Å². The van der Waals surface area contributed by atoms with E-state index < -0.39 is 10.8 Å². The fraction of sp³-hybridized carbons (Fsp3) is 0.0897. The van der Waals surface area contributed by atoms with Crippen molar-refractivity contribution in [2.75, 3.05) is 14.7 Å². The zero-order valence-corrected chi connectivity index (χ0v) is 83.9. The fourth-order valence-electron chi connectivity index (χ4n) is 27.6. The number of rotatable bonds is 12. The van der Waals surface area contributed by atoms with Crippen LogP contribution in [0.25, 0.3) is 55.6 Å². The Bertz CT molecular complexity index is 8660. The van der Waals surface area contributed by atoms with Crippen molar-refractivity contribution in [2.45, 2.75) is 79.4 Å². The lowest BCUT2D eigenvalue weighted by Gasteiger charge is -2.50. The molecule has 0 bridgehead atoms. The molecule has 29 rings (SSSR count). The second-order valence-corrected chi connectivity index (χ2v) is 42.2. The van der Waals surface area contributed by atoms with Crippen LogP contribution in [0.15, 0.2) is 552 Å². The smallest absolute Gasteiger partial charge is 0.0720 e. The van der Waals surface area contributed by atoms with Crippen molar-refractivity contribution in [3.05, 3.63) is 674 Å². The number of para-hydroxylation sites is 5. The Labute approximate surface area is 869 Å². The number of anilines is 9. The maximum absolute atomic E-state index is 2.44. The van der Waals surface area contributed by atoms with Gasteiger partial charge in [-0.15, -0.1) is 0 Å². The molecule has 0 unspecified atom stereocenters. The molecule has 0 aromatic heterocycles. The molecule has 0 heterocycles. The highest BCUT2D eigenvalue weighted by atomic mass is 15.2. The van der Waals surface area contributed by atoms with Crippen LogP contribution in [0, 0.1) is 0 Å². The second kappa shape index (κ2) is 34.8. The van der Waals surface area contributed by atoms with E-state index in [2.05, 4.69) is 608 Å². The van der Waals surface area contributed by atoms with Crippen molar-refractivity contribution < 1.29 is 0 Å². The van der Waals surface area contributed by atoms with Crippen LogP contribution >= 0.6 is 0 Å². The van der Waals surface area contributed by atoms with Gasteiger partial charge < -0.3 is 14.7 Å². The SMILES string of the molecule is CC1(C)c2ccccc2-c2ccc(N(c3ccccc3)c3ccc(-c4ccc5c(c4)-c4ccccc4C54c5ccccc5C(C)(C)c5ccccc54)cc3)cc21.CC1(C)c2ccccc2C2(c3ccccc3-c3cc(N(c4ccccc4)c4ccccc4)ccc32)c2ccccc21.c1ccc(N(c2ccccc2)c2ccc3c(c2)-c2ccccc2C32c3ccccc3C(c3ccccc3)(c3ccccc3)c3ccccc32)cc1. The predicted molar refractivity (Wildman–Crippen MR) is 614 cm³/mol. The van der Waals surface area contributed by atoms with E-state index in [9.17, 15) is 0 Å². The van der Waals surface area contributed by atoms with E-state index in [-0.39, 0.29) is 27.1 Å². The Balaban J connectivity index is 0.000000111. The van der Waals surface area contributed by atoms with Gasteiger partial charge in [-0.3, -0.25) is 0 Å². The second-order valence-electron chi connectivity index (χ2n) is 42.2. The molecule has 7 aliphatic rings. The molecule has 3 spiro atoms. The maximum Gasteiger partial charge on any atom is 0.0720 e. The van der Waals surface area contributed by atoms with Crippen LogP contribution in [0.4, 0.5) is 51.2 Å². The van der Waals surface area contributed by atoms with Crippen molar-refractivity contribution in [3.63, 3.8) is 0 Å². The first-order chi connectivity index (χ1) is 72.7. The molecule has 0 amide bonds. The standard InChI is InChI=1S/C55H43N.C50H35N.C40H31N/c1-53(2)45-20-10-8-18-41(45)43-32-31-40(35-52(43)53)56(38-16-6-5-7-17-38)39-29-26-36(27-30-39)37-28-33-47-44(34-37)42-19-9-11-21-46(42)55(47)50-24-14-12-22-48(50)54(3,4)49-23-13-15-25-51(49)55;1-5-19-36(20-6-1)49(37-21-7-2-8-22-37)45-29-15-17-31-47(45)50(48-32-18-16-30-46(48)49)43-28-14-13-27-41(43)42-35-40(33-34-44(42)50)51(38-23-9-3-10-24-38)39-25-11-4-12-26-39;1-39(2)35-21-11-13-23-37(35)40(38-24-14-12-22-36(38)39)33-20-10-9-19-31(33)32-27-30(25-26-34(32)40)41(28-15-5-3-6-16-28)29-17-7-4-8-18-29/h5-35H,1-4H3;1-35H;3-27H,1-2H3. The molecule has 3 nitrogen and oxygen atoms in total. The molecule has 0 saturated carbocycles. The minimum absolute atomic E-state index is 0.0725. The zero-order chi connectivity index (χ0) is 99.3. The Hall–Kier alpha value is -17.8. The third-order valence-electron chi connectivity index (χ3n) is 33.9. The lowest BCUT2D eigenvalue weighted by Crippen LogP contribution is -2.44. The third kappa shape index (κ3) is 13.1. The van der Waals surface area contributed by atoms with Crippen LogP contribution in [0.1, 0.15) is 164 Å². The summed E-state index contributed by atoms with van der Waals surface area (Å²) in [5, 5.41) is 0. The summed E-state index contributed by atoms with van der Waals surface area (Å²) in [6, 6.07) is 205. The van der Waals surface area contributed by atoms with E-state index in [4.69, 9.17) is 0 Å². The summed E-state index contributed by atoms with van der Waals surface area (Å²) in [7, 11) is 0. The minimum Gasteiger partial charge on any atom is -0.310 e. The molecule has 7 aliphatic carbocycles. The first-order valence-corrected chi connectivity index (χ1v) is 52.2. The Kier molecular flexibility index (Phi) is 20.9. The zero-order valence-electron chi connectivity index (χ0n) is 83.9. The maximum atomic E-state index is 2.44. The van der Waals surface area contributed by atoms with Crippen LogP contribution in [0.5, 0.6) is 0 Å². The monoisotopic (exact) mass is 1890 g/mol. The van der Waals surface area contributed by atoms with E-state index in [0.717, 1.165) is 45.5 Å². The number of hydrogen-bond acceptors (Lipinski definition) is 3. The van der Waals surface area contributed by atoms with E-state index >= 15 is 0 Å². The third-order valence-corrected chi connectivity index (χ3v) is 33.9. The molecule has 0 aliphatic heterocycles. The highest BCUT2D eigenvalue weighted by Gasteiger charge is 2.59. The summed E-state index contributed by atoms with van der Waals surface area (Å²) in [6.45, 7) is 14.2. The summed E-state index contributed by atoms with van der Waals surface area (Å²) >= 11 is 0. The summed E-state index contributed by atoms with van der Waals surface area (Å²) in [5.41, 5.74) is 51.2. The van der Waals surface area contributed by atoms with Gasteiger partial charge in [0.05, 0.1) is 21.7 Å². The lowest BCUT2D eigenvalue weighted by molar-refractivity contribution is 0.563. The van der Waals surface area contributed by atoms with Crippen molar-refractivity contribution in [3.8, 4) is 55.6 Å². The van der Waals surface area contributed by atoms with Gasteiger partial charge >= 0.3 is 0 Å². The molecule has 0 saturated heterocycles. The molecule has 148 heavy (non-hydrogen) atoms. The van der Waals surface area contributed by atoms with Gasteiger partial charge in [-0.25, -0.2) is 0 Å². The molecule has 22 aromatic rings. The van der Waals surface area contributed by atoms with E-state index in [0.29, 0.717) is 0 Å². The number of hydrogen-bond donors (Lipinski definition) is 0. The average Bonchev–Trinajstić information content (AvgIpc) is 1.46. The molecule has 0 radical (unpaired) electrons. The van der Waals surface area contributed by atoms with Gasteiger partial charge in [-0.05, 0) is 293 Å². The minimum atomic E-state index is -0.505. The molecule has 704 valence electrons.